The van der Waals surface area contributed by atoms with Gasteiger partial charge in [0, 0.05) is 25.5 Å². The van der Waals surface area contributed by atoms with E-state index in [9.17, 15) is 5.11 Å². The Morgan fingerprint density at radius 3 is 3.06 bits per heavy atom. The van der Waals surface area contributed by atoms with Crippen molar-refractivity contribution in [2.75, 3.05) is 6.54 Å². The third-order valence-electron chi connectivity index (χ3n) is 3.70. The summed E-state index contributed by atoms with van der Waals surface area (Å²) in [5, 5.41) is 13.3. The van der Waals surface area contributed by atoms with E-state index in [1.54, 1.807) is 0 Å². The zero-order valence-electron chi connectivity index (χ0n) is 10.6. The van der Waals surface area contributed by atoms with Crippen molar-refractivity contribution in [1.82, 2.24) is 14.9 Å². The van der Waals surface area contributed by atoms with E-state index in [-0.39, 0.29) is 6.10 Å². The number of aliphatic hydroxyl groups excluding tert-OH is 1. The zero-order valence-corrected chi connectivity index (χ0v) is 10.6. The normalized spacial score (nSPS) is 25.1. The van der Waals surface area contributed by atoms with Crippen LogP contribution in [0.15, 0.2) is 12.4 Å². The summed E-state index contributed by atoms with van der Waals surface area (Å²) in [7, 11) is 0. The highest BCUT2D eigenvalue weighted by Gasteiger charge is 2.22. The molecule has 0 amide bonds. The van der Waals surface area contributed by atoms with E-state index in [1.807, 2.05) is 12.4 Å². The molecule has 1 aromatic rings. The lowest BCUT2D eigenvalue weighted by Gasteiger charge is -2.27. The molecule has 2 rings (SSSR count). The van der Waals surface area contributed by atoms with Gasteiger partial charge in [-0.05, 0) is 25.7 Å². The lowest BCUT2D eigenvalue weighted by molar-refractivity contribution is 0.0694. The van der Waals surface area contributed by atoms with E-state index in [0.29, 0.717) is 5.92 Å². The lowest BCUT2D eigenvalue weighted by Crippen LogP contribution is -2.34. The van der Waals surface area contributed by atoms with Crippen molar-refractivity contribution in [2.24, 2.45) is 5.92 Å². The quantitative estimate of drug-likeness (QED) is 0.817. The van der Waals surface area contributed by atoms with E-state index in [1.165, 1.54) is 12.8 Å². The summed E-state index contributed by atoms with van der Waals surface area (Å²) in [4.78, 5) is 4.33. The highest BCUT2D eigenvalue weighted by molar-refractivity contribution is 4.91. The second-order valence-corrected chi connectivity index (χ2v) is 4.87. The van der Waals surface area contributed by atoms with Gasteiger partial charge in [0.15, 0.2) is 0 Å². The van der Waals surface area contributed by atoms with E-state index in [0.717, 1.165) is 38.3 Å². The maximum absolute atomic E-state index is 9.87. The molecule has 4 heteroatoms. The molecule has 0 aromatic carbocycles. The molecule has 96 valence electrons. The first-order valence-electron chi connectivity index (χ1n) is 6.70. The Labute approximate surface area is 103 Å². The summed E-state index contributed by atoms with van der Waals surface area (Å²) in [6, 6.07) is 0. The molecular weight excluding hydrogens is 214 g/mol. The number of hydrogen-bond acceptors (Lipinski definition) is 3. The topological polar surface area (TPSA) is 50.1 Å². The van der Waals surface area contributed by atoms with Gasteiger partial charge >= 0.3 is 0 Å². The molecule has 2 unspecified atom stereocenters. The minimum Gasteiger partial charge on any atom is -0.393 e. The standard InChI is InChI=1S/C13H23N3O/c1-2-16-8-7-15-13(16)10-14-9-11-5-3-4-6-12(11)17/h7-8,11-12,14,17H,2-6,9-10H2,1H3. The minimum absolute atomic E-state index is 0.109. The van der Waals surface area contributed by atoms with Crippen molar-refractivity contribution in [1.29, 1.82) is 0 Å². The van der Waals surface area contributed by atoms with Crippen molar-refractivity contribution in [3.8, 4) is 0 Å². The van der Waals surface area contributed by atoms with Gasteiger partial charge in [-0.1, -0.05) is 12.8 Å². The summed E-state index contributed by atoms with van der Waals surface area (Å²) >= 11 is 0. The molecule has 2 N–H and O–H groups in total. The Bertz CT molecular complexity index is 337. The zero-order chi connectivity index (χ0) is 12.1. The van der Waals surface area contributed by atoms with Gasteiger partial charge in [0.1, 0.15) is 5.82 Å². The summed E-state index contributed by atoms with van der Waals surface area (Å²) in [5.41, 5.74) is 0. The van der Waals surface area contributed by atoms with Gasteiger partial charge in [0.25, 0.3) is 0 Å². The first kappa shape index (κ1) is 12.6. The van der Waals surface area contributed by atoms with Crippen LogP contribution in [0, 0.1) is 5.92 Å². The molecule has 0 radical (unpaired) electrons. The Kier molecular flexibility index (Phi) is 4.57. The van der Waals surface area contributed by atoms with Gasteiger partial charge in [0.2, 0.25) is 0 Å². The molecule has 1 fully saturated rings. The SMILES string of the molecule is CCn1ccnc1CNCC1CCCCC1O. The fraction of sp³-hybridized carbons (Fsp3) is 0.769. The summed E-state index contributed by atoms with van der Waals surface area (Å²) in [6.45, 7) is 4.78. The van der Waals surface area contributed by atoms with Crippen LogP contribution in [0.5, 0.6) is 0 Å². The average Bonchev–Trinajstić information content (AvgIpc) is 2.79. The molecule has 1 heterocycles. The van der Waals surface area contributed by atoms with E-state index in [2.05, 4.69) is 21.8 Å². The predicted molar refractivity (Wildman–Crippen MR) is 67.6 cm³/mol. The van der Waals surface area contributed by atoms with Gasteiger partial charge in [0.05, 0.1) is 12.6 Å². The highest BCUT2D eigenvalue weighted by atomic mass is 16.3. The average molecular weight is 237 g/mol. The maximum Gasteiger partial charge on any atom is 0.122 e. The molecule has 1 aliphatic rings. The van der Waals surface area contributed by atoms with Crippen molar-refractivity contribution < 1.29 is 5.11 Å². The summed E-state index contributed by atoms with van der Waals surface area (Å²) < 4.78 is 2.14. The molecule has 0 spiro atoms. The summed E-state index contributed by atoms with van der Waals surface area (Å²) in [5.74, 6) is 1.51. The Morgan fingerprint density at radius 1 is 1.47 bits per heavy atom. The monoisotopic (exact) mass is 237 g/mol. The smallest absolute Gasteiger partial charge is 0.122 e. The molecular formula is C13H23N3O. The largest absolute Gasteiger partial charge is 0.393 e. The van der Waals surface area contributed by atoms with Crippen LogP contribution in [0.25, 0.3) is 0 Å². The molecule has 4 nitrogen and oxygen atoms in total. The van der Waals surface area contributed by atoms with Gasteiger partial charge in [-0.3, -0.25) is 0 Å². The number of rotatable bonds is 5. The molecule has 1 aromatic heterocycles. The van der Waals surface area contributed by atoms with Crippen LogP contribution >= 0.6 is 0 Å². The number of aliphatic hydroxyl groups is 1. The van der Waals surface area contributed by atoms with Crippen molar-refractivity contribution in [3.05, 3.63) is 18.2 Å². The van der Waals surface area contributed by atoms with E-state index >= 15 is 0 Å². The van der Waals surface area contributed by atoms with Crippen molar-refractivity contribution in [2.45, 2.75) is 51.8 Å². The van der Waals surface area contributed by atoms with Crippen LogP contribution < -0.4 is 5.32 Å². The van der Waals surface area contributed by atoms with Crippen LogP contribution in [-0.2, 0) is 13.1 Å². The fourth-order valence-corrected chi connectivity index (χ4v) is 2.59. The number of nitrogens with one attached hydrogen (secondary N) is 1. The number of imidazole rings is 1. The minimum atomic E-state index is -0.109. The van der Waals surface area contributed by atoms with Crippen LogP contribution in [0.3, 0.4) is 0 Å². The number of hydrogen-bond donors (Lipinski definition) is 2. The molecule has 0 aliphatic heterocycles. The second-order valence-electron chi connectivity index (χ2n) is 4.87. The number of nitrogens with zero attached hydrogens (tertiary/aromatic N) is 2. The van der Waals surface area contributed by atoms with E-state index in [4.69, 9.17) is 0 Å². The Morgan fingerprint density at radius 2 is 2.29 bits per heavy atom. The third-order valence-corrected chi connectivity index (χ3v) is 3.70. The maximum atomic E-state index is 9.87. The Hall–Kier alpha value is -0.870. The molecule has 1 saturated carbocycles. The molecule has 0 bridgehead atoms. The van der Waals surface area contributed by atoms with Crippen molar-refractivity contribution >= 4 is 0 Å². The second kappa shape index (κ2) is 6.17. The predicted octanol–water partition coefficient (Wildman–Crippen LogP) is 1.54. The van der Waals surface area contributed by atoms with Crippen LogP contribution in [-0.4, -0.2) is 27.3 Å². The molecule has 17 heavy (non-hydrogen) atoms. The van der Waals surface area contributed by atoms with Crippen molar-refractivity contribution in [3.63, 3.8) is 0 Å². The summed E-state index contributed by atoms with van der Waals surface area (Å²) in [6.07, 6.45) is 8.29. The van der Waals surface area contributed by atoms with Crippen LogP contribution in [0.1, 0.15) is 38.4 Å². The first-order chi connectivity index (χ1) is 8.31. The molecule has 0 saturated heterocycles. The molecule has 1 aliphatic carbocycles. The fourth-order valence-electron chi connectivity index (χ4n) is 2.59. The third kappa shape index (κ3) is 3.30. The number of aromatic nitrogens is 2. The molecule has 2 atom stereocenters. The van der Waals surface area contributed by atoms with Crippen LogP contribution in [0.2, 0.25) is 0 Å². The number of aryl methyl sites for hydroxylation is 1. The van der Waals surface area contributed by atoms with E-state index < -0.39 is 0 Å². The highest BCUT2D eigenvalue weighted by Crippen LogP contribution is 2.23. The van der Waals surface area contributed by atoms with Crippen LogP contribution in [0.4, 0.5) is 0 Å². The lowest BCUT2D eigenvalue weighted by atomic mass is 9.86. The Balaban J connectivity index is 1.75. The van der Waals surface area contributed by atoms with Gasteiger partial charge in [-0.25, -0.2) is 4.98 Å². The van der Waals surface area contributed by atoms with Gasteiger partial charge in [-0.2, -0.15) is 0 Å². The van der Waals surface area contributed by atoms with Gasteiger partial charge < -0.3 is 15.0 Å². The van der Waals surface area contributed by atoms with Gasteiger partial charge in [-0.15, -0.1) is 0 Å². The first-order valence-corrected chi connectivity index (χ1v) is 6.70.